The minimum Gasteiger partial charge on any atom is -0.493 e. The molecular weight excluding hydrogens is 183 g/mol. The molecule has 74 valence electrons. The van der Waals surface area contributed by atoms with Crippen LogP contribution in [0.3, 0.4) is 0 Å². The molecule has 0 saturated heterocycles. The fourth-order valence-electron chi connectivity index (χ4n) is 1.56. The largest absolute Gasteiger partial charge is 0.493 e. The molecule has 2 nitrogen and oxygen atoms in total. The maximum absolute atomic E-state index is 13.5. The topological polar surface area (TPSA) is 22.4 Å². The van der Waals surface area contributed by atoms with Crippen LogP contribution < -0.4 is 4.74 Å². The van der Waals surface area contributed by atoms with Gasteiger partial charge in [-0.25, -0.2) is 4.39 Å². The zero-order valence-electron chi connectivity index (χ0n) is 8.35. The number of furan rings is 1. The highest BCUT2D eigenvalue weighted by Gasteiger charge is 2.15. The zero-order valence-corrected chi connectivity index (χ0v) is 8.35. The molecule has 0 aliphatic carbocycles. The molecule has 0 spiro atoms. The van der Waals surface area contributed by atoms with E-state index in [1.165, 1.54) is 6.07 Å². The Morgan fingerprint density at radius 3 is 2.64 bits per heavy atom. The number of halogens is 1. The van der Waals surface area contributed by atoms with Gasteiger partial charge >= 0.3 is 0 Å². The summed E-state index contributed by atoms with van der Waals surface area (Å²) < 4.78 is 24.0. The Hall–Kier alpha value is -1.51. The first-order chi connectivity index (χ1) is 6.65. The molecule has 1 aromatic carbocycles. The number of methoxy groups -OCH3 is 1. The van der Waals surface area contributed by atoms with Crippen molar-refractivity contribution in [1.29, 1.82) is 0 Å². The second-order valence-corrected chi connectivity index (χ2v) is 3.24. The van der Waals surface area contributed by atoms with Gasteiger partial charge in [0.1, 0.15) is 11.6 Å². The number of hydrogen-bond acceptors (Lipinski definition) is 2. The maximum Gasteiger partial charge on any atom is 0.179 e. The van der Waals surface area contributed by atoms with Crippen LogP contribution in [0.5, 0.6) is 5.75 Å². The van der Waals surface area contributed by atoms with Gasteiger partial charge in [0, 0.05) is 5.56 Å². The van der Waals surface area contributed by atoms with Crippen molar-refractivity contribution in [2.75, 3.05) is 7.11 Å². The highest BCUT2D eigenvalue weighted by Crippen LogP contribution is 2.33. The molecule has 0 saturated carbocycles. The average Bonchev–Trinajstić information content (AvgIpc) is 2.45. The van der Waals surface area contributed by atoms with Crippen molar-refractivity contribution in [2.45, 2.75) is 13.8 Å². The summed E-state index contributed by atoms with van der Waals surface area (Å²) in [7, 11) is 1.54. The van der Waals surface area contributed by atoms with Gasteiger partial charge in [0.25, 0.3) is 0 Å². The van der Waals surface area contributed by atoms with E-state index in [1.807, 2.05) is 13.8 Å². The Balaban J connectivity index is 2.91. The van der Waals surface area contributed by atoms with Crippen LogP contribution in [0, 0.1) is 19.7 Å². The molecule has 14 heavy (non-hydrogen) atoms. The summed E-state index contributed by atoms with van der Waals surface area (Å²) in [4.78, 5) is 0. The number of hydrogen-bond donors (Lipinski definition) is 0. The van der Waals surface area contributed by atoms with E-state index in [0.29, 0.717) is 16.7 Å². The van der Waals surface area contributed by atoms with E-state index in [4.69, 9.17) is 9.15 Å². The molecule has 3 heteroatoms. The van der Waals surface area contributed by atoms with Crippen LogP contribution >= 0.6 is 0 Å². The van der Waals surface area contributed by atoms with E-state index in [1.54, 1.807) is 13.2 Å². The Kier molecular flexibility index (Phi) is 1.95. The van der Waals surface area contributed by atoms with Crippen LogP contribution in [0.4, 0.5) is 4.39 Å². The number of benzene rings is 1. The summed E-state index contributed by atoms with van der Waals surface area (Å²) >= 11 is 0. The SMILES string of the molecule is COc1ccc(F)c2c(C)c(C)oc12. The standard InChI is InChI=1S/C11H11FO2/c1-6-7(2)14-11-9(13-3)5-4-8(12)10(6)11/h4-5H,1-3H3. The quantitative estimate of drug-likeness (QED) is 0.695. The number of rotatable bonds is 1. The molecule has 1 aromatic heterocycles. The molecule has 0 radical (unpaired) electrons. The smallest absolute Gasteiger partial charge is 0.179 e. The van der Waals surface area contributed by atoms with E-state index in [2.05, 4.69) is 0 Å². The molecule has 0 aliphatic heterocycles. The minimum absolute atomic E-state index is 0.268. The molecular formula is C11H11FO2. The molecule has 0 atom stereocenters. The first-order valence-electron chi connectivity index (χ1n) is 4.37. The van der Waals surface area contributed by atoms with Gasteiger partial charge in [-0.2, -0.15) is 0 Å². The Morgan fingerprint density at radius 1 is 1.29 bits per heavy atom. The van der Waals surface area contributed by atoms with Crippen LogP contribution in [0.1, 0.15) is 11.3 Å². The molecule has 0 fully saturated rings. The van der Waals surface area contributed by atoms with Crippen LogP contribution in [0.15, 0.2) is 16.5 Å². The van der Waals surface area contributed by atoms with Crippen molar-refractivity contribution in [3.05, 3.63) is 29.3 Å². The Morgan fingerprint density at radius 2 is 2.00 bits per heavy atom. The van der Waals surface area contributed by atoms with Gasteiger partial charge in [-0.1, -0.05) is 0 Å². The lowest BCUT2D eigenvalue weighted by Gasteiger charge is -2.00. The third kappa shape index (κ3) is 1.09. The second kappa shape index (κ2) is 3.01. The van der Waals surface area contributed by atoms with E-state index in [0.717, 1.165) is 11.3 Å². The van der Waals surface area contributed by atoms with E-state index in [-0.39, 0.29) is 5.82 Å². The number of ether oxygens (including phenoxy) is 1. The highest BCUT2D eigenvalue weighted by molar-refractivity contribution is 5.87. The molecule has 1 heterocycles. The first-order valence-corrected chi connectivity index (χ1v) is 4.37. The maximum atomic E-state index is 13.5. The lowest BCUT2D eigenvalue weighted by atomic mass is 10.1. The Bertz CT molecular complexity index is 485. The molecule has 0 unspecified atom stereocenters. The van der Waals surface area contributed by atoms with Gasteiger partial charge in [-0.05, 0) is 26.0 Å². The zero-order chi connectivity index (χ0) is 10.3. The normalized spacial score (nSPS) is 10.9. The van der Waals surface area contributed by atoms with E-state index < -0.39 is 0 Å². The van der Waals surface area contributed by atoms with E-state index in [9.17, 15) is 4.39 Å². The van der Waals surface area contributed by atoms with Crippen LogP contribution in [-0.4, -0.2) is 7.11 Å². The van der Waals surface area contributed by atoms with Gasteiger partial charge in [0.05, 0.1) is 12.5 Å². The summed E-state index contributed by atoms with van der Waals surface area (Å²) in [5.74, 6) is 1.02. The summed E-state index contributed by atoms with van der Waals surface area (Å²) in [6.07, 6.45) is 0. The van der Waals surface area contributed by atoms with Crippen LogP contribution in [-0.2, 0) is 0 Å². The van der Waals surface area contributed by atoms with Gasteiger partial charge in [-0.15, -0.1) is 0 Å². The van der Waals surface area contributed by atoms with Gasteiger partial charge in [-0.3, -0.25) is 0 Å². The molecule has 2 rings (SSSR count). The molecule has 2 aromatic rings. The van der Waals surface area contributed by atoms with Crippen molar-refractivity contribution in [3.63, 3.8) is 0 Å². The lowest BCUT2D eigenvalue weighted by Crippen LogP contribution is -1.85. The third-order valence-electron chi connectivity index (χ3n) is 2.45. The number of aryl methyl sites for hydroxylation is 2. The lowest BCUT2D eigenvalue weighted by molar-refractivity contribution is 0.408. The number of fused-ring (bicyclic) bond motifs is 1. The summed E-state index contributed by atoms with van der Waals surface area (Å²) in [6.45, 7) is 3.65. The minimum atomic E-state index is -0.268. The second-order valence-electron chi connectivity index (χ2n) is 3.24. The highest BCUT2D eigenvalue weighted by atomic mass is 19.1. The van der Waals surface area contributed by atoms with Crippen molar-refractivity contribution in [3.8, 4) is 5.75 Å². The van der Waals surface area contributed by atoms with Crippen LogP contribution in [0.2, 0.25) is 0 Å². The van der Waals surface area contributed by atoms with Gasteiger partial charge < -0.3 is 9.15 Å². The molecule has 0 N–H and O–H groups in total. The predicted molar refractivity (Wildman–Crippen MR) is 52.2 cm³/mol. The van der Waals surface area contributed by atoms with Gasteiger partial charge in [0.2, 0.25) is 0 Å². The molecule has 0 aliphatic rings. The first kappa shape index (κ1) is 9.06. The third-order valence-corrected chi connectivity index (χ3v) is 2.45. The van der Waals surface area contributed by atoms with Crippen molar-refractivity contribution in [2.24, 2.45) is 0 Å². The Labute approximate surface area is 81.3 Å². The van der Waals surface area contributed by atoms with Crippen molar-refractivity contribution < 1.29 is 13.5 Å². The average molecular weight is 194 g/mol. The van der Waals surface area contributed by atoms with Crippen molar-refractivity contribution in [1.82, 2.24) is 0 Å². The summed E-state index contributed by atoms with van der Waals surface area (Å²) in [6, 6.07) is 2.96. The summed E-state index contributed by atoms with van der Waals surface area (Å²) in [5.41, 5.74) is 1.32. The van der Waals surface area contributed by atoms with Crippen LogP contribution in [0.25, 0.3) is 11.0 Å². The fourth-order valence-corrected chi connectivity index (χ4v) is 1.56. The van der Waals surface area contributed by atoms with Gasteiger partial charge in [0.15, 0.2) is 11.3 Å². The monoisotopic (exact) mass is 194 g/mol. The predicted octanol–water partition coefficient (Wildman–Crippen LogP) is 3.20. The fraction of sp³-hybridized carbons (Fsp3) is 0.273. The van der Waals surface area contributed by atoms with E-state index >= 15 is 0 Å². The van der Waals surface area contributed by atoms with Crippen molar-refractivity contribution >= 4 is 11.0 Å². The summed E-state index contributed by atoms with van der Waals surface area (Å²) in [5, 5.41) is 0.516. The molecule has 0 bridgehead atoms. The molecule has 0 amide bonds.